The van der Waals surface area contributed by atoms with E-state index < -0.39 is 4.92 Å². The van der Waals surface area contributed by atoms with Crippen LogP contribution in [0.5, 0.6) is 11.5 Å². The smallest absolute Gasteiger partial charge is 0.269 e. The SMILES string of the molecule is CCOc1cc(/C=C2\SC(=Nc3ccc([N+](=O)[O-])cc3)N(CCc3c[nH]c4ccccc34)C2=O)cc(Cl)c1OCc1ccc(Cl)c(Cl)c1. The molecule has 1 N–H and O–H groups in total. The van der Waals surface area contributed by atoms with Crippen LogP contribution in [0.2, 0.25) is 15.1 Å². The quantitative estimate of drug-likeness (QED) is 0.0826. The molecule has 0 radical (unpaired) electrons. The van der Waals surface area contributed by atoms with E-state index in [9.17, 15) is 14.9 Å². The fourth-order valence-corrected chi connectivity index (χ4v) is 6.75. The summed E-state index contributed by atoms with van der Waals surface area (Å²) in [5.41, 5.74) is 3.96. The van der Waals surface area contributed by atoms with Crippen LogP contribution >= 0.6 is 46.6 Å². The number of amidine groups is 1. The number of amides is 1. The van der Waals surface area contributed by atoms with Gasteiger partial charge in [0, 0.05) is 35.8 Å². The number of benzene rings is 4. The maximum Gasteiger partial charge on any atom is 0.269 e. The van der Waals surface area contributed by atoms with E-state index in [2.05, 4.69) is 4.98 Å². The number of nitrogens with zero attached hydrogens (tertiary/aromatic N) is 3. The number of fused-ring (bicyclic) bond motifs is 1. The number of non-ortho nitro benzene ring substituents is 1. The zero-order valence-electron chi connectivity index (χ0n) is 25.4. The Balaban J connectivity index is 1.29. The lowest BCUT2D eigenvalue weighted by Crippen LogP contribution is -2.31. The van der Waals surface area contributed by atoms with E-state index in [1.807, 2.05) is 43.5 Å². The van der Waals surface area contributed by atoms with E-state index in [4.69, 9.17) is 49.3 Å². The summed E-state index contributed by atoms with van der Waals surface area (Å²) in [5.74, 6) is 0.552. The molecular formula is C35H27Cl3N4O5S. The fraction of sp³-hybridized carbons (Fsp3) is 0.143. The molecule has 5 aromatic rings. The summed E-state index contributed by atoms with van der Waals surface area (Å²) in [6, 6.07) is 22.6. The van der Waals surface area contributed by atoms with Gasteiger partial charge in [0.15, 0.2) is 16.7 Å². The van der Waals surface area contributed by atoms with Crippen molar-refractivity contribution in [3.63, 3.8) is 0 Å². The van der Waals surface area contributed by atoms with E-state index in [0.717, 1.165) is 22.0 Å². The lowest BCUT2D eigenvalue weighted by molar-refractivity contribution is -0.384. The largest absolute Gasteiger partial charge is 0.490 e. The van der Waals surface area contributed by atoms with Crippen molar-refractivity contribution in [2.45, 2.75) is 20.0 Å². The van der Waals surface area contributed by atoms with Crippen LogP contribution in [0.3, 0.4) is 0 Å². The van der Waals surface area contributed by atoms with Crippen LogP contribution in [0.25, 0.3) is 17.0 Å². The molecule has 0 bridgehead atoms. The van der Waals surface area contributed by atoms with Crippen LogP contribution in [-0.2, 0) is 17.8 Å². The summed E-state index contributed by atoms with van der Waals surface area (Å²) >= 11 is 20.1. The van der Waals surface area contributed by atoms with Gasteiger partial charge in [-0.1, -0.05) is 59.1 Å². The molecule has 2 heterocycles. The van der Waals surface area contributed by atoms with E-state index in [1.165, 1.54) is 23.9 Å². The summed E-state index contributed by atoms with van der Waals surface area (Å²) in [7, 11) is 0. The highest BCUT2D eigenvalue weighted by atomic mass is 35.5. The molecule has 1 aliphatic heterocycles. The maximum atomic E-state index is 13.9. The number of hydrogen-bond donors (Lipinski definition) is 1. The highest BCUT2D eigenvalue weighted by molar-refractivity contribution is 8.18. The fourth-order valence-electron chi connectivity index (χ4n) is 5.13. The van der Waals surface area contributed by atoms with Crippen molar-refractivity contribution in [1.82, 2.24) is 9.88 Å². The second kappa shape index (κ2) is 14.7. The number of aromatic nitrogens is 1. The first kappa shape index (κ1) is 33.4. The Bertz CT molecular complexity index is 2080. The first-order chi connectivity index (χ1) is 23.2. The number of nitrogens with one attached hydrogen (secondary N) is 1. The molecule has 1 saturated heterocycles. The standard InChI is InChI=1S/C35H27Cl3N4O5S/c1-2-46-31-17-22(16-29(38)33(31)47-20-21-7-12-27(36)28(37)15-21)18-32-34(43)41(14-13-23-19-39-30-6-4-3-5-26(23)30)35(48-32)40-24-8-10-25(11-9-24)42(44)45/h3-12,15-19,39H,2,13-14,20H2,1H3/b32-18-,40-35?. The molecule has 4 aromatic carbocycles. The summed E-state index contributed by atoms with van der Waals surface area (Å²) < 4.78 is 11.9. The number of H-pyrrole nitrogens is 1. The second-order valence-electron chi connectivity index (χ2n) is 10.6. The molecule has 1 fully saturated rings. The molecule has 1 aromatic heterocycles. The Labute approximate surface area is 295 Å². The van der Waals surface area contributed by atoms with Crippen molar-refractivity contribution in [1.29, 1.82) is 0 Å². The molecule has 0 saturated carbocycles. The van der Waals surface area contributed by atoms with Crippen molar-refractivity contribution in [2.75, 3.05) is 13.2 Å². The summed E-state index contributed by atoms with van der Waals surface area (Å²) in [4.78, 5) is 34.6. The average molecular weight is 722 g/mol. The number of hydrogen-bond acceptors (Lipinski definition) is 7. The number of aromatic amines is 1. The van der Waals surface area contributed by atoms with Gasteiger partial charge in [0.2, 0.25) is 0 Å². The lowest BCUT2D eigenvalue weighted by Gasteiger charge is -2.15. The number of para-hydroxylation sites is 1. The predicted molar refractivity (Wildman–Crippen MR) is 193 cm³/mol. The van der Waals surface area contributed by atoms with Crippen LogP contribution in [-0.4, -0.2) is 39.0 Å². The minimum absolute atomic E-state index is 0.0442. The second-order valence-corrected chi connectivity index (χ2v) is 12.9. The molecule has 0 spiro atoms. The first-order valence-electron chi connectivity index (χ1n) is 14.8. The molecule has 48 heavy (non-hydrogen) atoms. The van der Waals surface area contributed by atoms with Gasteiger partial charge in [-0.3, -0.25) is 19.8 Å². The lowest BCUT2D eigenvalue weighted by atomic mass is 10.1. The van der Waals surface area contributed by atoms with E-state index >= 15 is 0 Å². The molecule has 0 atom stereocenters. The van der Waals surface area contributed by atoms with Crippen LogP contribution in [0.4, 0.5) is 11.4 Å². The highest BCUT2D eigenvalue weighted by Crippen LogP contribution is 2.40. The van der Waals surface area contributed by atoms with Gasteiger partial charge in [0.25, 0.3) is 11.6 Å². The molecule has 0 aliphatic carbocycles. The Morgan fingerprint density at radius 1 is 0.979 bits per heavy atom. The van der Waals surface area contributed by atoms with Gasteiger partial charge in [-0.15, -0.1) is 0 Å². The Hall–Kier alpha value is -4.48. The summed E-state index contributed by atoms with van der Waals surface area (Å²) in [6.45, 7) is 2.76. The molecule has 13 heteroatoms. The third kappa shape index (κ3) is 7.47. The van der Waals surface area contributed by atoms with Gasteiger partial charge >= 0.3 is 0 Å². The minimum atomic E-state index is -0.468. The maximum absolute atomic E-state index is 13.9. The molecule has 0 unspecified atom stereocenters. The van der Waals surface area contributed by atoms with Gasteiger partial charge in [0.1, 0.15) is 6.61 Å². The number of carbonyl (C=O) groups excluding carboxylic acids is 1. The number of aliphatic imine (C=N–C) groups is 1. The number of thioether (sulfide) groups is 1. The topological polar surface area (TPSA) is 110 Å². The van der Waals surface area contributed by atoms with Gasteiger partial charge < -0.3 is 14.5 Å². The molecule has 1 amide bonds. The van der Waals surface area contributed by atoms with Crippen LogP contribution < -0.4 is 9.47 Å². The van der Waals surface area contributed by atoms with E-state index in [0.29, 0.717) is 67.5 Å². The number of nitro groups is 1. The molecule has 9 nitrogen and oxygen atoms in total. The Morgan fingerprint density at radius 2 is 1.77 bits per heavy atom. The number of carbonyl (C=O) groups is 1. The van der Waals surface area contributed by atoms with E-state index in [1.54, 1.807) is 47.4 Å². The van der Waals surface area contributed by atoms with Crippen molar-refractivity contribution in [3.8, 4) is 11.5 Å². The molecule has 6 rings (SSSR count). The third-order valence-electron chi connectivity index (χ3n) is 7.45. The minimum Gasteiger partial charge on any atom is -0.490 e. The predicted octanol–water partition coefficient (Wildman–Crippen LogP) is 9.86. The zero-order chi connectivity index (χ0) is 33.8. The third-order valence-corrected chi connectivity index (χ3v) is 9.48. The number of rotatable bonds is 11. The Morgan fingerprint density at radius 3 is 2.52 bits per heavy atom. The van der Waals surface area contributed by atoms with Gasteiger partial charge in [-0.25, -0.2) is 4.99 Å². The first-order valence-corrected chi connectivity index (χ1v) is 16.8. The normalized spacial score (nSPS) is 14.8. The average Bonchev–Trinajstić information content (AvgIpc) is 3.61. The van der Waals surface area contributed by atoms with Gasteiger partial charge in [-0.05, 0) is 90.3 Å². The van der Waals surface area contributed by atoms with Crippen molar-refractivity contribution in [2.24, 2.45) is 4.99 Å². The van der Waals surface area contributed by atoms with E-state index in [-0.39, 0.29) is 18.2 Å². The van der Waals surface area contributed by atoms with Crippen molar-refractivity contribution < 1.29 is 19.2 Å². The summed E-state index contributed by atoms with van der Waals surface area (Å²) in [6.07, 6.45) is 4.26. The highest BCUT2D eigenvalue weighted by Gasteiger charge is 2.33. The summed E-state index contributed by atoms with van der Waals surface area (Å²) in [5, 5.41) is 13.9. The number of nitro benzene ring substituents is 1. The van der Waals surface area contributed by atoms with Crippen LogP contribution in [0, 0.1) is 10.1 Å². The van der Waals surface area contributed by atoms with Crippen molar-refractivity contribution >= 4 is 86.0 Å². The van der Waals surface area contributed by atoms with Crippen LogP contribution in [0.1, 0.15) is 23.6 Å². The van der Waals surface area contributed by atoms with Crippen LogP contribution in [0.15, 0.2) is 95.0 Å². The zero-order valence-corrected chi connectivity index (χ0v) is 28.5. The number of ether oxygens (including phenoxy) is 2. The molecule has 1 aliphatic rings. The van der Waals surface area contributed by atoms with Gasteiger partial charge in [0.05, 0.1) is 37.2 Å². The monoisotopic (exact) mass is 720 g/mol. The van der Waals surface area contributed by atoms with Gasteiger partial charge in [-0.2, -0.15) is 0 Å². The molecule has 244 valence electrons. The van der Waals surface area contributed by atoms with Crippen molar-refractivity contribution in [3.05, 3.63) is 132 Å². The number of halogens is 3. The molecular weight excluding hydrogens is 695 g/mol. The Kier molecular flexibility index (Phi) is 10.3.